The molecule has 1 N–H and O–H groups in total. The molecule has 0 radical (unpaired) electrons. The fourth-order valence-corrected chi connectivity index (χ4v) is 6.85. The van der Waals surface area contributed by atoms with Crippen molar-refractivity contribution in [3.63, 3.8) is 0 Å². The van der Waals surface area contributed by atoms with Gasteiger partial charge >= 0.3 is 0 Å². The summed E-state index contributed by atoms with van der Waals surface area (Å²) in [5.41, 5.74) is 4.22. The minimum Gasteiger partial charge on any atom is -0.493 e. The number of ether oxygens (including phenoxy) is 3. The summed E-state index contributed by atoms with van der Waals surface area (Å²) in [7, 11) is 4.84. The van der Waals surface area contributed by atoms with Crippen LogP contribution in [0, 0.1) is 0 Å². The van der Waals surface area contributed by atoms with E-state index in [0.717, 1.165) is 47.8 Å². The number of H-pyrrole nitrogens is 1. The van der Waals surface area contributed by atoms with Gasteiger partial charge in [0.1, 0.15) is 6.04 Å². The van der Waals surface area contributed by atoms with Gasteiger partial charge in [-0.25, -0.2) is 0 Å². The highest BCUT2D eigenvalue weighted by Gasteiger charge is 2.52. The van der Waals surface area contributed by atoms with Crippen LogP contribution in [-0.2, 0) is 11.2 Å². The molecule has 3 heterocycles. The third kappa shape index (κ3) is 3.38. The first-order chi connectivity index (χ1) is 17.6. The average Bonchev–Trinajstić information content (AvgIpc) is 3.41. The summed E-state index contributed by atoms with van der Waals surface area (Å²) >= 11 is 6.08. The van der Waals surface area contributed by atoms with Crippen molar-refractivity contribution in [1.29, 1.82) is 0 Å². The van der Waals surface area contributed by atoms with Crippen LogP contribution < -0.4 is 14.2 Å². The number of para-hydroxylation sites is 1. The molecule has 1 amide bonds. The van der Waals surface area contributed by atoms with Gasteiger partial charge in [0.25, 0.3) is 5.91 Å². The van der Waals surface area contributed by atoms with Gasteiger partial charge in [-0.05, 0) is 54.4 Å². The zero-order valence-electron chi connectivity index (χ0n) is 20.9. The smallest absolute Gasteiger partial charge is 0.252 e. The highest BCUT2D eigenvalue weighted by atomic mass is 32.1. The number of thiocarbonyl (C=S) groups is 1. The number of carbonyl (C=O) groups excluding carboxylic acids is 1. The molecule has 188 valence electrons. The number of nitrogens with one attached hydrogen (secondary N) is 1. The van der Waals surface area contributed by atoms with Crippen LogP contribution in [0.5, 0.6) is 17.2 Å². The van der Waals surface area contributed by atoms with Crippen molar-refractivity contribution in [2.75, 3.05) is 21.3 Å². The first-order valence-corrected chi connectivity index (χ1v) is 13.0. The summed E-state index contributed by atoms with van der Waals surface area (Å²) in [4.78, 5) is 21.7. The third-order valence-corrected chi connectivity index (χ3v) is 8.43. The van der Waals surface area contributed by atoms with Crippen molar-refractivity contribution >= 4 is 34.1 Å². The molecule has 2 aromatic carbocycles. The summed E-state index contributed by atoms with van der Waals surface area (Å²) in [6.07, 6.45) is 6.15. The highest BCUT2D eigenvalue weighted by Crippen LogP contribution is 2.48. The van der Waals surface area contributed by atoms with Crippen LogP contribution in [0.3, 0.4) is 0 Å². The number of carbonyl (C=O) groups is 1. The highest BCUT2D eigenvalue weighted by molar-refractivity contribution is 7.80. The Kier molecular flexibility index (Phi) is 5.79. The molecular formula is C28H31N3O4S. The van der Waals surface area contributed by atoms with Crippen molar-refractivity contribution in [2.24, 2.45) is 0 Å². The zero-order valence-corrected chi connectivity index (χ0v) is 21.7. The van der Waals surface area contributed by atoms with Crippen LogP contribution in [0.2, 0.25) is 0 Å². The number of methoxy groups -OCH3 is 3. The van der Waals surface area contributed by atoms with E-state index in [0.29, 0.717) is 28.8 Å². The number of rotatable bonds is 5. The minimum absolute atomic E-state index is 0.125. The van der Waals surface area contributed by atoms with Gasteiger partial charge in [0.15, 0.2) is 16.6 Å². The molecule has 0 spiro atoms. The van der Waals surface area contributed by atoms with E-state index in [1.807, 2.05) is 29.2 Å². The van der Waals surface area contributed by atoms with Gasteiger partial charge in [-0.1, -0.05) is 37.5 Å². The largest absolute Gasteiger partial charge is 0.493 e. The maximum atomic E-state index is 14.0. The number of benzene rings is 2. The average molecular weight is 506 g/mol. The predicted octanol–water partition coefficient (Wildman–Crippen LogP) is 4.97. The summed E-state index contributed by atoms with van der Waals surface area (Å²) < 4.78 is 17.0. The molecule has 0 bridgehead atoms. The summed E-state index contributed by atoms with van der Waals surface area (Å²) in [5.74, 6) is 1.82. The molecule has 2 fully saturated rings. The number of fused-ring (bicyclic) bond motifs is 4. The molecule has 3 aliphatic rings. The SMILES string of the molecule is COc1cc(C2c3[nH]c4ccccc4c3CC3C(=O)N(C4CCCCC4)C(=S)N32)cc(OC)c1OC. The van der Waals surface area contributed by atoms with Crippen LogP contribution >= 0.6 is 12.2 Å². The first-order valence-electron chi connectivity index (χ1n) is 12.6. The Hall–Kier alpha value is -3.26. The van der Waals surface area contributed by atoms with Crippen LogP contribution in [0.25, 0.3) is 10.9 Å². The van der Waals surface area contributed by atoms with Crippen LogP contribution in [0.1, 0.15) is 55.0 Å². The maximum Gasteiger partial charge on any atom is 0.252 e. The maximum absolute atomic E-state index is 14.0. The monoisotopic (exact) mass is 505 g/mol. The van der Waals surface area contributed by atoms with Gasteiger partial charge in [-0.15, -0.1) is 0 Å². The summed E-state index contributed by atoms with van der Waals surface area (Å²) in [6, 6.07) is 11.8. The van der Waals surface area contributed by atoms with Gasteiger partial charge in [0.05, 0.1) is 27.4 Å². The topological polar surface area (TPSA) is 67.0 Å². The lowest BCUT2D eigenvalue weighted by molar-refractivity contribution is -0.130. The molecule has 2 atom stereocenters. The molecule has 1 aliphatic carbocycles. The Balaban J connectivity index is 1.54. The lowest BCUT2D eigenvalue weighted by atomic mass is 9.88. The molecule has 7 nitrogen and oxygen atoms in total. The Bertz CT molecular complexity index is 1320. The Morgan fingerprint density at radius 2 is 1.67 bits per heavy atom. The van der Waals surface area contributed by atoms with Crippen molar-refractivity contribution in [1.82, 2.24) is 14.8 Å². The van der Waals surface area contributed by atoms with E-state index in [1.54, 1.807) is 21.3 Å². The lowest BCUT2D eigenvalue weighted by Gasteiger charge is -2.38. The molecular weight excluding hydrogens is 474 g/mol. The molecule has 8 heteroatoms. The normalized spacial score (nSPS) is 22.1. The Morgan fingerprint density at radius 1 is 0.972 bits per heavy atom. The number of hydrogen-bond acceptors (Lipinski definition) is 5. The standard InChI is InChI=1S/C28H31N3O4S/c1-33-22-13-16(14-23(34-2)26(22)35-3)25-24-19(18-11-7-8-12-20(18)29-24)15-21-27(32)30(28(36)31(21)25)17-9-5-4-6-10-17/h7-8,11-14,17,21,25,29H,4-6,9-10,15H2,1-3H3. The van der Waals surface area contributed by atoms with E-state index < -0.39 is 0 Å². The quantitative estimate of drug-likeness (QED) is 0.494. The van der Waals surface area contributed by atoms with Gasteiger partial charge < -0.3 is 24.1 Å². The number of amides is 1. The van der Waals surface area contributed by atoms with Crippen molar-refractivity contribution in [3.05, 3.63) is 53.2 Å². The summed E-state index contributed by atoms with van der Waals surface area (Å²) in [5, 5.41) is 1.78. The number of hydrogen-bond donors (Lipinski definition) is 1. The second-order valence-corrected chi connectivity index (χ2v) is 10.2. The van der Waals surface area contributed by atoms with E-state index >= 15 is 0 Å². The van der Waals surface area contributed by atoms with Gasteiger partial charge in [-0.3, -0.25) is 9.69 Å². The molecule has 6 rings (SSSR count). The number of nitrogens with zero attached hydrogens (tertiary/aromatic N) is 2. The summed E-state index contributed by atoms with van der Waals surface area (Å²) in [6.45, 7) is 0. The molecule has 1 saturated heterocycles. The van der Waals surface area contributed by atoms with Crippen LogP contribution in [0.4, 0.5) is 0 Å². The third-order valence-electron chi connectivity index (χ3n) is 8.02. The Morgan fingerprint density at radius 3 is 2.33 bits per heavy atom. The Labute approximate surface area is 216 Å². The molecule has 1 aromatic heterocycles. The van der Waals surface area contributed by atoms with Gasteiger partial charge in [0, 0.05) is 29.1 Å². The van der Waals surface area contributed by atoms with Crippen molar-refractivity contribution in [2.45, 2.75) is 56.7 Å². The molecule has 2 unspecified atom stereocenters. The van der Waals surface area contributed by atoms with E-state index in [4.69, 9.17) is 26.4 Å². The van der Waals surface area contributed by atoms with Crippen LogP contribution in [0.15, 0.2) is 36.4 Å². The van der Waals surface area contributed by atoms with Crippen molar-refractivity contribution < 1.29 is 19.0 Å². The van der Waals surface area contributed by atoms with Crippen LogP contribution in [-0.4, -0.2) is 59.2 Å². The second-order valence-electron chi connectivity index (χ2n) is 9.83. The number of aromatic nitrogens is 1. The fourth-order valence-electron chi connectivity index (χ4n) is 6.38. The zero-order chi connectivity index (χ0) is 25.0. The first kappa shape index (κ1) is 23.2. The molecule has 36 heavy (non-hydrogen) atoms. The minimum atomic E-state index is -0.338. The molecule has 3 aromatic rings. The second kappa shape index (κ2) is 9.00. The molecule has 2 aliphatic heterocycles. The number of aromatic amines is 1. The van der Waals surface area contributed by atoms with E-state index in [-0.39, 0.29) is 24.0 Å². The van der Waals surface area contributed by atoms with E-state index in [9.17, 15) is 4.79 Å². The fraction of sp³-hybridized carbons (Fsp3) is 0.429. The van der Waals surface area contributed by atoms with Gasteiger partial charge in [-0.2, -0.15) is 0 Å². The van der Waals surface area contributed by atoms with E-state index in [2.05, 4.69) is 22.0 Å². The lowest BCUT2D eigenvalue weighted by Crippen LogP contribution is -2.44. The molecule has 1 saturated carbocycles. The van der Waals surface area contributed by atoms with Gasteiger partial charge in [0.2, 0.25) is 5.75 Å². The van der Waals surface area contributed by atoms with E-state index in [1.165, 1.54) is 12.0 Å². The van der Waals surface area contributed by atoms with Crippen molar-refractivity contribution in [3.8, 4) is 17.2 Å². The predicted molar refractivity (Wildman–Crippen MR) is 142 cm³/mol.